The van der Waals surface area contributed by atoms with Crippen molar-refractivity contribution in [2.24, 2.45) is 0 Å². The number of nitrogens with zero attached hydrogens (tertiary/aromatic N) is 3. The topological polar surface area (TPSA) is 70.2 Å². The number of hydrogen-bond acceptors (Lipinski definition) is 4. The molecule has 0 spiro atoms. The summed E-state index contributed by atoms with van der Waals surface area (Å²) in [7, 11) is 1.16. The van der Waals surface area contributed by atoms with E-state index in [1.165, 1.54) is 0 Å². The van der Waals surface area contributed by atoms with Crippen molar-refractivity contribution in [3.63, 3.8) is 0 Å². The van der Waals surface area contributed by atoms with Crippen LogP contribution in [0.2, 0.25) is 0 Å². The van der Waals surface area contributed by atoms with E-state index in [1.54, 1.807) is 0 Å². The Labute approximate surface area is 110 Å². The highest BCUT2D eigenvalue weighted by Gasteiger charge is 2.21. The van der Waals surface area contributed by atoms with Gasteiger partial charge < -0.3 is 4.74 Å². The molecule has 0 unspecified atom stereocenters. The van der Waals surface area contributed by atoms with E-state index in [0.29, 0.717) is 4.68 Å². The van der Waals surface area contributed by atoms with Crippen LogP contribution in [-0.2, 0) is 0 Å². The van der Waals surface area contributed by atoms with E-state index in [9.17, 15) is 23.3 Å². The maximum Gasteiger partial charge on any atom is 0.333 e. The summed E-state index contributed by atoms with van der Waals surface area (Å²) in [5.41, 5.74) is -0.661. The number of nitro groups is 1. The molecule has 0 aliphatic rings. The lowest BCUT2D eigenvalue weighted by Gasteiger charge is -2.05. The van der Waals surface area contributed by atoms with Gasteiger partial charge in [0.15, 0.2) is 5.75 Å². The van der Waals surface area contributed by atoms with Crippen molar-refractivity contribution in [1.82, 2.24) is 9.78 Å². The Morgan fingerprint density at radius 2 is 2.15 bits per heavy atom. The molecule has 2 aromatic rings. The fourth-order valence-corrected chi connectivity index (χ4v) is 1.65. The number of nitro benzene ring substituents is 1. The lowest BCUT2D eigenvalue weighted by Crippen LogP contribution is -1.97. The average Bonchev–Trinajstić information content (AvgIpc) is 2.87. The maximum absolute atomic E-state index is 13.8. The molecule has 0 saturated carbocycles. The number of benzene rings is 1. The van der Waals surface area contributed by atoms with E-state index in [1.807, 2.05) is 0 Å². The summed E-state index contributed by atoms with van der Waals surface area (Å²) in [5.74, 6) is -1.08. The Hall–Kier alpha value is -2.58. The van der Waals surface area contributed by atoms with Gasteiger partial charge in [-0.2, -0.15) is 13.9 Å². The Balaban J connectivity index is 2.55. The first-order chi connectivity index (χ1) is 9.43. The number of ether oxygens (including phenoxy) is 1. The van der Waals surface area contributed by atoms with Gasteiger partial charge in [0.25, 0.3) is 0 Å². The van der Waals surface area contributed by atoms with Gasteiger partial charge in [0.05, 0.1) is 18.2 Å². The summed E-state index contributed by atoms with van der Waals surface area (Å²) in [6.45, 7) is -2.87. The quantitative estimate of drug-likeness (QED) is 0.640. The van der Waals surface area contributed by atoms with E-state index < -0.39 is 23.0 Å². The zero-order chi connectivity index (χ0) is 14.9. The van der Waals surface area contributed by atoms with Gasteiger partial charge in [0.1, 0.15) is 5.82 Å². The van der Waals surface area contributed by atoms with Crippen LogP contribution in [0.1, 0.15) is 6.55 Å². The van der Waals surface area contributed by atoms with Crippen LogP contribution in [0.3, 0.4) is 0 Å². The van der Waals surface area contributed by atoms with Crippen LogP contribution in [0.5, 0.6) is 5.75 Å². The molecule has 0 amide bonds. The van der Waals surface area contributed by atoms with Crippen LogP contribution in [0.15, 0.2) is 24.5 Å². The first-order valence-corrected chi connectivity index (χ1v) is 5.28. The van der Waals surface area contributed by atoms with Crippen molar-refractivity contribution in [2.45, 2.75) is 6.55 Å². The van der Waals surface area contributed by atoms with Crippen molar-refractivity contribution < 1.29 is 22.8 Å². The normalized spacial score (nSPS) is 10.8. The predicted molar refractivity (Wildman–Crippen MR) is 62.1 cm³/mol. The molecule has 9 heteroatoms. The fourth-order valence-electron chi connectivity index (χ4n) is 1.65. The summed E-state index contributed by atoms with van der Waals surface area (Å²) in [6, 6.07) is 1.74. The van der Waals surface area contributed by atoms with E-state index in [2.05, 4.69) is 5.10 Å². The summed E-state index contributed by atoms with van der Waals surface area (Å²) in [5, 5.41) is 14.2. The van der Waals surface area contributed by atoms with Crippen LogP contribution in [0.25, 0.3) is 11.1 Å². The lowest BCUT2D eigenvalue weighted by molar-refractivity contribution is -0.385. The number of methoxy groups -OCH3 is 1. The number of alkyl halides is 2. The third-order valence-electron chi connectivity index (χ3n) is 2.58. The predicted octanol–water partition coefficient (Wildman–Crippen LogP) is 3.00. The molecule has 1 aromatic carbocycles. The van der Waals surface area contributed by atoms with Gasteiger partial charge in [-0.05, 0) is 0 Å². The highest BCUT2D eigenvalue weighted by Crippen LogP contribution is 2.34. The van der Waals surface area contributed by atoms with E-state index >= 15 is 0 Å². The Morgan fingerprint density at radius 1 is 1.45 bits per heavy atom. The summed E-state index contributed by atoms with van der Waals surface area (Å²) < 4.78 is 43.7. The van der Waals surface area contributed by atoms with Crippen molar-refractivity contribution >= 4 is 5.69 Å². The third kappa shape index (κ3) is 2.42. The van der Waals surface area contributed by atoms with E-state index in [0.717, 1.165) is 31.6 Å². The molecular weight excluding hydrogens is 279 g/mol. The molecule has 0 saturated heterocycles. The second-order valence-corrected chi connectivity index (χ2v) is 3.75. The molecule has 1 aromatic heterocycles. The Bertz CT molecular complexity index is 658. The second kappa shape index (κ2) is 5.19. The largest absolute Gasteiger partial charge is 0.490 e. The molecule has 0 radical (unpaired) electrons. The Morgan fingerprint density at radius 3 is 2.65 bits per heavy atom. The summed E-state index contributed by atoms with van der Waals surface area (Å²) in [6.07, 6.45) is 1.90. The van der Waals surface area contributed by atoms with Crippen LogP contribution >= 0.6 is 0 Å². The van der Waals surface area contributed by atoms with Crippen LogP contribution < -0.4 is 4.74 Å². The van der Waals surface area contributed by atoms with Gasteiger partial charge in [-0.15, -0.1) is 0 Å². The van der Waals surface area contributed by atoms with E-state index in [4.69, 9.17) is 4.74 Å². The third-order valence-corrected chi connectivity index (χ3v) is 2.58. The van der Waals surface area contributed by atoms with Gasteiger partial charge in [-0.25, -0.2) is 9.07 Å². The minimum atomic E-state index is -2.87. The molecule has 1 heterocycles. The molecule has 20 heavy (non-hydrogen) atoms. The molecule has 0 aliphatic carbocycles. The monoisotopic (exact) mass is 287 g/mol. The molecule has 6 nitrogen and oxygen atoms in total. The van der Waals surface area contributed by atoms with E-state index in [-0.39, 0.29) is 16.9 Å². The van der Waals surface area contributed by atoms with Crippen molar-refractivity contribution in [3.8, 4) is 16.9 Å². The molecule has 0 bridgehead atoms. The van der Waals surface area contributed by atoms with Gasteiger partial charge in [-0.1, -0.05) is 0 Å². The van der Waals surface area contributed by atoms with Gasteiger partial charge in [0.2, 0.25) is 0 Å². The minimum absolute atomic E-state index is 0.00792. The smallest absolute Gasteiger partial charge is 0.333 e. The van der Waals surface area contributed by atoms with Crippen LogP contribution in [0.4, 0.5) is 18.9 Å². The summed E-state index contributed by atoms with van der Waals surface area (Å²) >= 11 is 0. The number of rotatable bonds is 4. The molecule has 0 N–H and O–H groups in total. The SMILES string of the molecule is COc1cc(F)c(-c2cnn(C(F)F)c2)cc1[N+](=O)[O-]. The summed E-state index contributed by atoms with van der Waals surface area (Å²) in [4.78, 5) is 10.1. The molecular formula is C11H8F3N3O3. The standard InChI is InChI=1S/C11H8F3N3O3/c1-20-10-3-8(12)7(2-9(10)17(18)19)6-4-15-16(5-6)11(13)14/h2-5,11H,1H3. The minimum Gasteiger partial charge on any atom is -0.490 e. The molecule has 0 aliphatic heterocycles. The zero-order valence-corrected chi connectivity index (χ0v) is 10.1. The molecule has 0 fully saturated rings. The molecule has 0 atom stereocenters. The molecule has 2 rings (SSSR count). The lowest BCUT2D eigenvalue weighted by atomic mass is 10.1. The highest BCUT2D eigenvalue weighted by atomic mass is 19.3. The van der Waals surface area contributed by atoms with Crippen molar-refractivity contribution in [1.29, 1.82) is 0 Å². The first-order valence-electron chi connectivity index (χ1n) is 5.28. The fraction of sp³-hybridized carbons (Fsp3) is 0.182. The first kappa shape index (κ1) is 13.8. The highest BCUT2D eigenvalue weighted by molar-refractivity contribution is 5.68. The second-order valence-electron chi connectivity index (χ2n) is 3.75. The van der Waals surface area contributed by atoms with Crippen molar-refractivity contribution in [3.05, 3.63) is 40.5 Å². The molecule has 106 valence electrons. The van der Waals surface area contributed by atoms with Crippen LogP contribution in [-0.4, -0.2) is 21.8 Å². The van der Waals surface area contributed by atoms with Gasteiger partial charge in [-0.3, -0.25) is 10.1 Å². The zero-order valence-electron chi connectivity index (χ0n) is 10.1. The maximum atomic E-state index is 13.8. The number of halogens is 3. The van der Waals surface area contributed by atoms with Crippen molar-refractivity contribution in [2.75, 3.05) is 7.11 Å². The van der Waals surface area contributed by atoms with Crippen LogP contribution in [0, 0.1) is 15.9 Å². The van der Waals surface area contributed by atoms with Gasteiger partial charge in [0, 0.05) is 29.5 Å². The van der Waals surface area contributed by atoms with Gasteiger partial charge >= 0.3 is 12.2 Å². The average molecular weight is 287 g/mol. The number of aromatic nitrogens is 2. The number of hydrogen-bond donors (Lipinski definition) is 0. The Kier molecular flexibility index (Phi) is 3.59.